The van der Waals surface area contributed by atoms with Gasteiger partial charge in [0.25, 0.3) is 0 Å². The zero-order valence-electron chi connectivity index (χ0n) is 13.8. The minimum Gasteiger partial charge on any atom is -0.378 e. The minimum absolute atomic E-state index is 1.21. The Hall–Kier alpha value is -2.48. The number of nitrogens with zero attached hydrogens (tertiary/aromatic N) is 2. The molecule has 0 heterocycles. The van der Waals surface area contributed by atoms with Gasteiger partial charge in [-0.3, -0.25) is 0 Å². The summed E-state index contributed by atoms with van der Waals surface area (Å²) in [7, 11) is 8.20. The highest BCUT2D eigenvalue weighted by Crippen LogP contribution is 2.14. The van der Waals surface area contributed by atoms with Crippen molar-refractivity contribution in [2.75, 3.05) is 38.0 Å². The molecule has 0 N–H and O–H groups in total. The van der Waals surface area contributed by atoms with E-state index in [0.717, 1.165) is 0 Å². The van der Waals surface area contributed by atoms with Crippen LogP contribution in [0.2, 0.25) is 0 Å². The molecule has 0 aliphatic rings. The van der Waals surface area contributed by atoms with Crippen LogP contribution in [0.3, 0.4) is 0 Å². The molecule has 22 heavy (non-hydrogen) atoms. The van der Waals surface area contributed by atoms with E-state index in [0.29, 0.717) is 0 Å². The summed E-state index contributed by atoms with van der Waals surface area (Å²) in [5, 5.41) is 0. The third-order valence-electron chi connectivity index (χ3n) is 3.51. The summed E-state index contributed by atoms with van der Waals surface area (Å²) >= 11 is 0. The second-order valence-electron chi connectivity index (χ2n) is 5.69. The highest BCUT2D eigenvalue weighted by Gasteiger charge is 1.94. The lowest BCUT2D eigenvalue weighted by molar-refractivity contribution is 1.13. The SMILES string of the molecule is CN(C)c1ccc(/C=C\C=C/c2ccc(N(C)C)cc2)cc1. The lowest BCUT2D eigenvalue weighted by Gasteiger charge is -2.11. The Bertz CT molecular complexity index is 573. The fraction of sp³-hybridized carbons (Fsp3) is 0.200. The van der Waals surface area contributed by atoms with Crippen LogP contribution in [0.4, 0.5) is 11.4 Å². The zero-order chi connectivity index (χ0) is 15.9. The van der Waals surface area contributed by atoms with Gasteiger partial charge in [0.2, 0.25) is 0 Å². The average Bonchev–Trinajstić information content (AvgIpc) is 2.52. The molecule has 0 fully saturated rings. The van der Waals surface area contributed by atoms with Gasteiger partial charge in [0.05, 0.1) is 0 Å². The van der Waals surface area contributed by atoms with Gasteiger partial charge in [-0.2, -0.15) is 0 Å². The summed E-state index contributed by atoms with van der Waals surface area (Å²) < 4.78 is 0. The van der Waals surface area contributed by atoms with Crippen molar-refractivity contribution in [2.45, 2.75) is 0 Å². The van der Waals surface area contributed by atoms with Crippen LogP contribution in [-0.2, 0) is 0 Å². The Morgan fingerprint density at radius 1 is 0.545 bits per heavy atom. The van der Waals surface area contributed by atoms with Crippen molar-refractivity contribution >= 4 is 23.5 Å². The molecule has 0 aliphatic heterocycles. The van der Waals surface area contributed by atoms with E-state index in [1.165, 1.54) is 22.5 Å². The number of hydrogen-bond donors (Lipinski definition) is 0. The van der Waals surface area contributed by atoms with E-state index in [1.54, 1.807) is 0 Å². The van der Waals surface area contributed by atoms with E-state index in [-0.39, 0.29) is 0 Å². The zero-order valence-corrected chi connectivity index (χ0v) is 13.8. The molecule has 2 heteroatoms. The standard InChI is InChI=1S/C20H24N2/c1-21(2)19-13-9-17(10-14-19)7-5-6-8-18-11-15-20(16-12-18)22(3)4/h5-16H,1-4H3/b7-5-,8-6-. The first-order chi connectivity index (χ1) is 10.6. The number of rotatable bonds is 5. The molecule has 0 bridgehead atoms. The second-order valence-corrected chi connectivity index (χ2v) is 5.69. The first-order valence-electron chi connectivity index (χ1n) is 7.46. The van der Waals surface area contributed by atoms with E-state index < -0.39 is 0 Å². The van der Waals surface area contributed by atoms with Gasteiger partial charge in [-0.15, -0.1) is 0 Å². The van der Waals surface area contributed by atoms with Crippen LogP contribution >= 0.6 is 0 Å². The van der Waals surface area contributed by atoms with Crippen molar-refractivity contribution < 1.29 is 0 Å². The molecule has 0 aliphatic carbocycles. The Morgan fingerprint density at radius 3 is 1.14 bits per heavy atom. The van der Waals surface area contributed by atoms with Crippen molar-refractivity contribution in [2.24, 2.45) is 0 Å². The van der Waals surface area contributed by atoms with Crippen molar-refractivity contribution in [1.29, 1.82) is 0 Å². The third kappa shape index (κ3) is 4.52. The van der Waals surface area contributed by atoms with Gasteiger partial charge in [-0.05, 0) is 35.4 Å². The highest BCUT2D eigenvalue weighted by molar-refractivity contribution is 5.60. The molecule has 0 saturated carbocycles. The van der Waals surface area contributed by atoms with Crippen LogP contribution in [-0.4, -0.2) is 28.2 Å². The summed E-state index contributed by atoms with van der Waals surface area (Å²) in [5.41, 5.74) is 4.85. The maximum Gasteiger partial charge on any atom is 0.0361 e. The third-order valence-corrected chi connectivity index (χ3v) is 3.51. The summed E-state index contributed by atoms with van der Waals surface area (Å²) in [6.07, 6.45) is 8.38. The molecule has 0 amide bonds. The smallest absolute Gasteiger partial charge is 0.0361 e. The molecule has 2 rings (SSSR count). The van der Waals surface area contributed by atoms with Crippen molar-refractivity contribution in [3.05, 3.63) is 71.8 Å². The van der Waals surface area contributed by atoms with Crippen LogP contribution in [0, 0.1) is 0 Å². The predicted molar refractivity (Wildman–Crippen MR) is 99.6 cm³/mol. The van der Waals surface area contributed by atoms with Crippen molar-refractivity contribution in [3.63, 3.8) is 0 Å². The number of anilines is 2. The summed E-state index contributed by atoms with van der Waals surface area (Å²) in [5.74, 6) is 0. The van der Waals surface area contributed by atoms with E-state index >= 15 is 0 Å². The lowest BCUT2D eigenvalue weighted by Crippen LogP contribution is -2.07. The monoisotopic (exact) mass is 292 g/mol. The quantitative estimate of drug-likeness (QED) is 0.746. The Morgan fingerprint density at radius 2 is 0.864 bits per heavy atom. The number of allylic oxidation sites excluding steroid dienone is 2. The molecule has 0 spiro atoms. The molecule has 114 valence electrons. The molecule has 2 aromatic rings. The van der Waals surface area contributed by atoms with E-state index in [2.05, 4.69) is 111 Å². The van der Waals surface area contributed by atoms with Crippen LogP contribution in [0.1, 0.15) is 11.1 Å². The molecule has 2 aromatic carbocycles. The maximum absolute atomic E-state index is 2.13. The van der Waals surface area contributed by atoms with Crippen LogP contribution in [0.15, 0.2) is 60.7 Å². The lowest BCUT2D eigenvalue weighted by atomic mass is 10.1. The van der Waals surface area contributed by atoms with Crippen LogP contribution < -0.4 is 9.80 Å². The first kappa shape index (κ1) is 15.9. The second kappa shape index (κ2) is 7.51. The largest absolute Gasteiger partial charge is 0.378 e. The molecule has 0 atom stereocenters. The van der Waals surface area contributed by atoms with Crippen molar-refractivity contribution in [3.8, 4) is 0 Å². The summed E-state index contributed by atoms with van der Waals surface area (Å²) in [4.78, 5) is 4.20. The average molecular weight is 292 g/mol. The molecular weight excluding hydrogens is 268 g/mol. The fourth-order valence-corrected chi connectivity index (χ4v) is 2.10. The Balaban J connectivity index is 1.96. The van der Waals surface area contributed by atoms with E-state index in [4.69, 9.17) is 0 Å². The molecule has 0 unspecified atom stereocenters. The first-order valence-corrected chi connectivity index (χ1v) is 7.46. The predicted octanol–water partition coefficient (Wildman–Crippen LogP) is 4.55. The van der Waals surface area contributed by atoms with Crippen molar-refractivity contribution in [1.82, 2.24) is 0 Å². The summed E-state index contributed by atoms with van der Waals surface area (Å²) in [6.45, 7) is 0. The Labute approximate surface area is 134 Å². The van der Waals surface area contributed by atoms with Gasteiger partial charge < -0.3 is 9.80 Å². The topological polar surface area (TPSA) is 6.48 Å². The highest BCUT2D eigenvalue weighted by atomic mass is 15.1. The molecule has 2 nitrogen and oxygen atoms in total. The minimum atomic E-state index is 1.21. The van der Waals surface area contributed by atoms with E-state index in [9.17, 15) is 0 Å². The number of hydrogen-bond acceptors (Lipinski definition) is 2. The maximum atomic E-state index is 2.13. The van der Waals surface area contributed by atoms with Crippen LogP contribution in [0.25, 0.3) is 12.2 Å². The van der Waals surface area contributed by atoms with E-state index in [1.807, 2.05) is 0 Å². The van der Waals surface area contributed by atoms with Gasteiger partial charge in [-0.25, -0.2) is 0 Å². The molecular formula is C20H24N2. The van der Waals surface area contributed by atoms with Gasteiger partial charge in [0.1, 0.15) is 0 Å². The van der Waals surface area contributed by atoms with Gasteiger partial charge >= 0.3 is 0 Å². The number of benzene rings is 2. The molecule has 0 aromatic heterocycles. The normalized spacial score (nSPS) is 11.3. The molecule has 0 radical (unpaired) electrons. The Kier molecular flexibility index (Phi) is 5.42. The molecule has 0 saturated heterocycles. The van der Waals surface area contributed by atoms with Gasteiger partial charge in [0.15, 0.2) is 0 Å². The van der Waals surface area contributed by atoms with Gasteiger partial charge in [0, 0.05) is 39.6 Å². The van der Waals surface area contributed by atoms with Crippen LogP contribution in [0.5, 0.6) is 0 Å². The fourth-order valence-electron chi connectivity index (χ4n) is 2.10. The summed E-state index contributed by atoms with van der Waals surface area (Å²) in [6, 6.07) is 17.0. The van der Waals surface area contributed by atoms with Gasteiger partial charge in [-0.1, -0.05) is 48.6 Å².